The van der Waals surface area contributed by atoms with Crippen LogP contribution in [-0.4, -0.2) is 17.1 Å². The van der Waals surface area contributed by atoms with Crippen molar-refractivity contribution in [2.75, 3.05) is 0 Å². The lowest BCUT2D eigenvalue weighted by Gasteiger charge is -2.25. The first kappa shape index (κ1) is 13.3. The van der Waals surface area contributed by atoms with Crippen LogP contribution in [0.15, 0.2) is 22.8 Å². The van der Waals surface area contributed by atoms with Gasteiger partial charge in [0.05, 0.1) is 5.69 Å². The lowest BCUT2D eigenvalue weighted by Crippen LogP contribution is -2.46. The third-order valence-corrected chi connectivity index (χ3v) is 2.31. The van der Waals surface area contributed by atoms with Gasteiger partial charge in [-0.3, -0.25) is 4.98 Å². The number of halogens is 6. The van der Waals surface area contributed by atoms with Crippen molar-refractivity contribution in [3.05, 3.63) is 28.5 Å². The zero-order valence-electron chi connectivity index (χ0n) is 7.60. The van der Waals surface area contributed by atoms with Crippen LogP contribution in [0.3, 0.4) is 0 Å². The van der Waals surface area contributed by atoms with Crippen molar-refractivity contribution in [2.45, 2.75) is 18.1 Å². The maximum Gasteiger partial charge on any atom is 0.455 e. The smallest absolute Gasteiger partial charge is 0.317 e. The van der Waals surface area contributed by atoms with Crippen LogP contribution in [0.5, 0.6) is 0 Å². The Morgan fingerprint density at radius 1 is 1.19 bits per heavy atom. The third-order valence-electron chi connectivity index (χ3n) is 1.84. The summed E-state index contributed by atoms with van der Waals surface area (Å²) in [4.78, 5) is 3.41. The van der Waals surface area contributed by atoms with E-state index in [0.717, 1.165) is 12.3 Å². The number of nitrogens with zero attached hydrogens (tertiary/aromatic N) is 1. The summed E-state index contributed by atoms with van der Waals surface area (Å²) >= 11 is 2.97. The second kappa shape index (κ2) is 4.25. The fraction of sp³-hybridized carbons (Fsp3) is 0.375. The Morgan fingerprint density at radius 3 is 2.12 bits per heavy atom. The summed E-state index contributed by atoms with van der Waals surface area (Å²) < 4.78 is 62.0. The van der Waals surface area contributed by atoms with E-state index in [1.54, 1.807) is 0 Å². The van der Waals surface area contributed by atoms with Crippen LogP contribution in [0.1, 0.15) is 11.7 Å². The molecule has 0 amide bonds. The van der Waals surface area contributed by atoms with E-state index in [1.807, 2.05) is 0 Å². The highest BCUT2D eigenvalue weighted by Gasteiger charge is 2.62. The molecule has 0 fully saturated rings. The molecule has 1 aromatic heterocycles. The Morgan fingerprint density at radius 2 is 1.75 bits per heavy atom. The Hall–Kier alpha value is -0.760. The van der Waals surface area contributed by atoms with Crippen molar-refractivity contribution in [2.24, 2.45) is 5.73 Å². The van der Waals surface area contributed by atoms with Gasteiger partial charge < -0.3 is 5.73 Å². The molecule has 1 rings (SSSR count). The van der Waals surface area contributed by atoms with E-state index in [-0.39, 0.29) is 0 Å². The highest BCUT2D eigenvalue weighted by Crippen LogP contribution is 2.42. The molecule has 2 N–H and O–H groups in total. The second-order valence-corrected chi connectivity index (χ2v) is 3.92. The molecule has 90 valence electrons. The predicted octanol–water partition coefficient (Wildman–Crippen LogP) is 3.04. The van der Waals surface area contributed by atoms with Gasteiger partial charge in [0, 0.05) is 10.7 Å². The van der Waals surface area contributed by atoms with E-state index in [9.17, 15) is 22.0 Å². The molecule has 0 aromatic carbocycles. The van der Waals surface area contributed by atoms with Crippen LogP contribution in [0.2, 0.25) is 0 Å². The highest BCUT2D eigenvalue weighted by molar-refractivity contribution is 9.10. The van der Waals surface area contributed by atoms with E-state index in [4.69, 9.17) is 5.73 Å². The summed E-state index contributed by atoms with van der Waals surface area (Å²) in [6.07, 6.45) is -4.59. The number of aromatic nitrogens is 1. The molecule has 0 spiro atoms. The van der Waals surface area contributed by atoms with E-state index in [2.05, 4.69) is 20.9 Å². The van der Waals surface area contributed by atoms with E-state index >= 15 is 0 Å². The molecule has 1 aromatic rings. The molecule has 16 heavy (non-hydrogen) atoms. The van der Waals surface area contributed by atoms with Crippen molar-refractivity contribution in [1.29, 1.82) is 0 Å². The molecule has 8 heteroatoms. The molecular formula is C8H6BrF5N2. The normalized spacial score (nSPS) is 14.9. The number of alkyl halides is 5. The Labute approximate surface area is 95.8 Å². The number of pyridine rings is 1. The maximum atomic E-state index is 12.8. The maximum absolute atomic E-state index is 12.8. The van der Waals surface area contributed by atoms with E-state index in [1.165, 1.54) is 6.07 Å². The van der Waals surface area contributed by atoms with Gasteiger partial charge in [-0.2, -0.15) is 22.0 Å². The summed E-state index contributed by atoms with van der Waals surface area (Å²) in [6, 6.07) is -0.219. The van der Waals surface area contributed by atoms with Gasteiger partial charge in [-0.25, -0.2) is 0 Å². The van der Waals surface area contributed by atoms with Gasteiger partial charge >= 0.3 is 12.1 Å². The van der Waals surface area contributed by atoms with Crippen molar-refractivity contribution < 1.29 is 22.0 Å². The fourth-order valence-electron chi connectivity index (χ4n) is 0.933. The third kappa shape index (κ3) is 2.49. The van der Waals surface area contributed by atoms with Crippen LogP contribution >= 0.6 is 15.9 Å². The van der Waals surface area contributed by atoms with E-state index in [0.29, 0.717) is 4.47 Å². The van der Waals surface area contributed by atoms with Crippen LogP contribution in [-0.2, 0) is 0 Å². The van der Waals surface area contributed by atoms with Crippen molar-refractivity contribution in [3.8, 4) is 0 Å². The van der Waals surface area contributed by atoms with Gasteiger partial charge in [0.2, 0.25) is 0 Å². The lowest BCUT2D eigenvalue weighted by atomic mass is 10.1. The molecule has 1 heterocycles. The largest absolute Gasteiger partial charge is 0.455 e. The first-order chi connectivity index (χ1) is 7.16. The molecule has 0 aliphatic carbocycles. The monoisotopic (exact) mass is 304 g/mol. The van der Waals surface area contributed by atoms with Gasteiger partial charge in [0.25, 0.3) is 0 Å². The SMILES string of the molecule is N[C@@H](c1ccc(Br)cn1)C(F)(F)C(F)(F)F. The quantitative estimate of drug-likeness (QED) is 0.853. The molecule has 0 saturated heterocycles. The number of nitrogens with two attached hydrogens (primary N) is 1. The van der Waals surface area contributed by atoms with Crippen LogP contribution in [0.25, 0.3) is 0 Å². The summed E-state index contributed by atoms with van der Waals surface area (Å²) in [6.45, 7) is 0. The van der Waals surface area contributed by atoms with Gasteiger partial charge in [-0.15, -0.1) is 0 Å². The molecule has 1 atom stereocenters. The highest BCUT2D eigenvalue weighted by atomic mass is 79.9. The molecule has 2 nitrogen and oxygen atoms in total. The van der Waals surface area contributed by atoms with Gasteiger partial charge in [-0.1, -0.05) is 0 Å². The Bertz CT molecular complexity index is 362. The number of hydrogen-bond donors (Lipinski definition) is 1. The first-order valence-corrected chi connectivity index (χ1v) is 4.77. The topological polar surface area (TPSA) is 38.9 Å². The zero-order valence-corrected chi connectivity index (χ0v) is 9.19. The molecule has 0 saturated carbocycles. The van der Waals surface area contributed by atoms with Gasteiger partial charge in [0.1, 0.15) is 6.04 Å². The summed E-state index contributed by atoms with van der Waals surface area (Å²) in [5.41, 5.74) is 4.34. The first-order valence-electron chi connectivity index (χ1n) is 3.98. The van der Waals surface area contributed by atoms with Gasteiger partial charge in [-0.05, 0) is 28.1 Å². The lowest BCUT2D eigenvalue weighted by molar-refractivity contribution is -0.291. The molecule has 0 aliphatic heterocycles. The standard InChI is InChI=1S/C8H6BrF5N2/c9-4-1-2-5(16-3-4)6(15)7(10,11)8(12,13)14/h1-3,6H,15H2/t6-/m0/s1. The van der Waals surface area contributed by atoms with Crippen molar-refractivity contribution >= 4 is 15.9 Å². The minimum atomic E-state index is -5.69. The Balaban J connectivity index is 3.02. The Kier molecular flexibility index (Phi) is 3.53. The molecule has 0 bridgehead atoms. The summed E-state index contributed by atoms with van der Waals surface area (Å²) in [5, 5.41) is 0. The van der Waals surface area contributed by atoms with Crippen molar-refractivity contribution in [1.82, 2.24) is 4.98 Å². The average Bonchev–Trinajstić information content (AvgIpc) is 2.16. The van der Waals surface area contributed by atoms with E-state index < -0.39 is 23.8 Å². The minimum Gasteiger partial charge on any atom is -0.317 e. The number of rotatable bonds is 2. The fourth-order valence-corrected chi connectivity index (χ4v) is 1.17. The van der Waals surface area contributed by atoms with Crippen LogP contribution < -0.4 is 5.73 Å². The molecular weight excluding hydrogens is 299 g/mol. The molecule has 0 aliphatic rings. The number of hydrogen-bond acceptors (Lipinski definition) is 2. The summed E-state index contributed by atoms with van der Waals surface area (Å²) in [5.74, 6) is -5.01. The molecule has 0 unspecified atom stereocenters. The van der Waals surface area contributed by atoms with Crippen LogP contribution in [0.4, 0.5) is 22.0 Å². The minimum absolute atomic E-state index is 0.457. The molecule has 0 radical (unpaired) electrons. The summed E-state index contributed by atoms with van der Waals surface area (Å²) in [7, 11) is 0. The zero-order chi connectivity index (χ0) is 12.6. The second-order valence-electron chi connectivity index (χ2n) is 3.00. The van der Waals surface area contributed by atoms with Crippen LogP contribution in [0, 0.1) is 0 Å². The van der Waals surface area contributed by atoms with Crippen molar-refractivity contribution in [3.63, 3.8) is 0 Å². The van der Waals surface area contributed by atoms with Gasteiger partial charge in [0.15, 0.2) is 0 Å². The predicted molar refractivity (Wildman–Crippen MR) is 49.9 cm³/mol. The average molecular weight is 305 g/mol.